The molecule has 0 amide bonds. The Morgan fingerprint density at radius 1 is 1.16 bits per heavy atom. The SMILES string of the molecule is COc1c(N2C[C@H]3CCCN[C@H]3C2)c(F)cc2c(=O)c(C(=O)O)cn(C3CC3)c12.F[B-](F)(F)F.O.O.[Cl-].[Cu+]. The molecule has 9 nitrogen and oxygen atoms in total. The van der Waals surface area contributed by atoms with Gasteiger partial charge in [0.05, 0.1) is 18.0 Å². The molecule has 2 atom stereocenters. The summed E-state index contributed by atoms with van der Waals surface area (Å²) in [6.07, 6.45) is 5.40. The molecule has 0 spiro atoms. The minimum Gasteiger partial charge on any atom is -1.00 e. The summed E-state index contributed by atoms with van der Waals surface area (Å²) in [4.78, 5) is 26.4. The molecule has 2 aliphatic heterocycles. The molecule has 6 N–H and O–H groups in total. The third-order valence-corrected chi connectivity index (χ3v) is 6.49. The second-order valence-electron chi connectivity index (χ2n) is 8.81. The third-order valence-electron chi connectivity index (χ3n) is 6.49. The molecular formula is C21H28BClCuF5N3O6-. The Kier molecular flexibility index (Phi) is 13.0. The number of piperidine rings is 1. The van der Waals surface area contributed by atoms with Crippen LogP contribution in [0, 0.1) is 11.7 Å². The van der Waals surface area contributed by atoms with Crippen LogP contribution in [0.15, 0.2) is 17.1 Å². The van der Waals surface area contributed by atoms with Crippen molar-refractivity contribution in [2.24, 2.45) is 5.92 Å². The number of rotatable bonds is 4. The summed E-state index contributed by atoms with van der Waals surface area (Å²) in [6, 6.07) is 1.62. The Morgan fingerprint density at radius 3 is 2.26 bits per heavy atom. The van der Waals surface area contributed by atoms with Gasteiger partial charge >= 0.3 is 30.3 Å². The van der Waals surface area contributed by atoms with Gasteiger partial charge in [-0.15, -0.1) is 0 Å². The molecule has 1 aromatic heterocycles. The normalized spacial score (nSPS) is 19.9. The number of ether oxygens (including phenoxy) is 1. The number of aromatic carboxylic acids is 1. The molecule has 2 aromatic rings. The molecule has 3 heterocycles. The van der Waals surface area contributed by atoms with Crippen LogP contribution in [0.4, 0.5) is 27.3 Å². The summed E-state index contributed by atoms with van der Waals surface area (Å²) < 4.78 is 61.8. The molecule has 3 fully saturated rings. The second kappa shape index (κ2) is 13.8. The first kappa shape index (κ1) is 35.9. The van der Waals surface area contributed by atoms with E-state index in [2.05, 4.69) is 5.32 Å². The molecule has 1 aromatic carbocycles. The number of anilines is 1. The van der Waals surface area contributed by atoms with Crippen molar-refractivity contribution in [2.75, 3.05) is 31.6 Å². The van der Waals surface area contributed by atoms with Crippen LogP contribution in [0.25, 0.3) is 10.9 Å². The van der Waals surface area contributed by atoms with Gasteiger partial charge in [-0.25, -0.2) is 9.18 Å². The molecule has 220 valence electrons. The maximum absolute atomic E-state index is 15.3. The van der Waals surface area contributed by atoms with E-state index in [9.17, 15) is 32.0 Å². The van der Waals surface area contributed by atoms with Gasteiger partial charge in [-0.1, -0.05) is 0 Å². The number of fused-ring (bicyclic) bond motifs is 2. The fourth-order valence-corrected chi connectivity index (χ4v) is 4.95. The number of carboxylic acids is 1. The van der Waals surface area contributed by atoms with E-state index in [0.29, 0.717) is 35.5 Å². The van der Waals surface area contributed by atoms with Gasteiger partial charge in [-0.05, 0) is 44.2 Å². The zero-order chi connectivity index (χ0) is 24.8. The van der Waals surface area contributed by atoms with Gasteiger partial charge in [-0.2, -0.15) is 0 Å². The van der Waals surface area contributed by atoms with Crippen molar-refractivity contribution >= 4 is 29.8 Å². The minimum absolute atomic E-state index is 0. The summed E-state index contributed by atoms with van der Waals surface area (Å²) in [7, 11) is -4.52. The van der Waals surface area contributed by atoms with Gasteiger partial charge in [-0.3, -0.25) is 4.79 Å². The zero-order valence-corrected chi connectivity index (χ0v) is 21.7. The summed E-state index contributed by atoms with van der Waals surface area (Å²) >= 11 is 0. The first-order valence-electron chi connectivity index (χ1n) is 11.0. The maximum atomic E-state index is 15.3. The van der Waals surface area contributed by atoms with Crippen LogP contribution in [0.3, 0.4) is 0 Å². The molecule has 0 radical (unpaired) electrons. The number of aromatic nitrogens is 1. The number of hydrogen-bond donors (Lipinski definition) is 2. The molecule has 3 aliphatic rings. The number of nitrogens with zero attached hydrogens (tertiary/aromatic N) is 2. The van der Waals surface area contributed by atoms with Gasteiger partial charge < -0.3 is 65.2 Å². The fourth-order valence-electron chi connectivity index (χ4n) is 4.95. The number of nitrogens with one attached hydrogen (secondary N) is 1. The third kappa shape index (κ3) is 7.51. The zero-order valence-electron chi connectivity index (χ0n) is 20.0. The van der Waals surface area contributed by atoms with E-state index in [1.165, 1.54) is 19.4 Å². The van der Waals surface area contributed by atoms with Crippen LogP contribution in [-0.2, 0) is 17.1 Å². The summed E-state index contributed by atoms with van der Waals surface area (Å²) in [5.41, 5.74) is -0.155. The Labute approximate surface area is 231 Å². The van der Waals surface area contributed by atoms with Crippen LogP contribution < -0.4 is 32.8 Å². The van der Waals surface area contributed by atoms with Crippen molar-refractivity contribution in [2.45, 2.75) is 37.8 Å². The van der Waals surface area contributed by atoms with Gasteiger partial charge in [0.25, 0.3) is 0 Å². The van der Waals surface area contributed by atoms with Gasteiger partial charge in [0.15, 0.2) is 11.6 Å². The molecular weight excluding hydrogens is 595 g/mol. The smallest absolute Gasteiger partial charge is 1.00 e. The minimum atomic E-state index is -6.00. The second-order valence-corrected chi connectivity index (χ2v) is 8.81. The van der Waals surface area contributed by atoms with Crippen LogP contribution in [0.1, 0.15) is 42.1 Å². The Hall–Kier alpha value is -2.10. The van der Waals surface area contributed by atoms with Crippen molar-refractivity contribution in [3.8, 4) is 5.75 Å². The van der Waals surface area contributed by atoms with E-state index in [0.717, 1.165) is 38.8 Å². The Balaban J connectivity index is 0.00000140. The molecule has 1 aliphatic carbocycles. The van der Waals surface area contributed by atoms with E-state index in [-0.39, 0.29) is 57.4 Å². The predicted molar refractivity (Wildman–Crippen MR) is 124 cm³/mol. The van der Waals surface area contributed by atoms with Gasteiger partial charge in [0.2, 0.25) is 5.43 Å². The number of hydrogen-bond acceptors (Lipinski definition) is 5. The maximum Gasteiger partial charge on any atom is 1.00 e. The van der Waals surface area contributed by atoms with Crippen molar-refractivity contribution in [1.29, 1.82) is 0 Å². The number of pyridine rings is 1. The average Bonchev–Trinajstić information content (AvgIpc) is 3.50. The van der Waals surface area contributed by atoms with Crippen molar-refractivity contribution < 1.29 is 76.7 Å². The predicted octanol–water partition coefficient (Wildman–Crippen LogP) is -0.977. The first-order valence-corrected chi connectivity index (χ1v) is 11.0. The van der Waals surface area contributed by atoms with E-state index in [1.807, 2.05) is 4.90 Å². The molecule has 5 rings (SSSR count). The van der Waals surface area contributed by atoms with Crippen LogP contribution in [0.2, 0.25) is 0 Å². The molecule has 2 saturated heterocycles. The summed E-state index contributed by atoms with van der Waals surface area (Å²) in [6.45, 7) is 2.40. The number of benzene rings is 1. The van der Waals surface area contributed by atoms with Gasteiger partial charge in [0, 0.05) is 31.4 Å². The molecule has 0 unspecified atom stereocenters. The molecule has 1 saturated carbocycles. The fraction of sp³-hybridized carbons (Fsp3) is 0.524. The Morgan fingerprint density at radius 2 is 1.76 bits per heavy atom. The average molecular weight is 623 g/mol. The van der Waals surface area contributed by atoms with Crippen molar-refractivity contribution in [3.63, 3.8) is 0 Å². The number of carboxylic acid groups (broad SMARTS) is 1. The standard InChI is InChI=1S/C21H24FN3O4.BF4.ClH.Cu.2H2O/c1-29-20-17-13(19(26)14(21(27)28)9-25(17)12-4-5-12)7-15(22)18(20)24-8-11-3-2-6-23-16(11)10-24;2-1(3,4)5;;;;/h7,9,11-12,16,23H,2-6,8,10H2,1H3,(H,27,28);;1H;;2*1H2/q;-1;;+1;;/p-1/t11-,16+;;;;;/m1...../s1. The van der Waals surface area contributed by atoms with Crippen LogP contribution in [-0.4, -0.2) is 66.6 Å². The van der Waals surface area contributed by atoms with E-state index in [4.69, 9.17) is 4.74 Å². The van der Waals surface area contributed by atoms with Crippen molar-refractivity contribution in [1.82, 2.24) is 9.88 Å². The van der Waals surface area contributed by atoms with E-state index < -0.39 is 24.5 Å². The molecule has 0 bridgehead atoms. The Bertz CT molecular complexity index is 1170. The number of methoxy groups -OCH3 is 1. The number of halogens is 6. The monoisotopic (exact) mass is 622 g/mol. The van der Waals surface area contributed by atoms with Crippen LogP contribution >= 0.6 is 0 Å². The number of carbonyl (C=O) groups is 1. The largest absolute Gasteiger partial charge is 1.00 e. The quantitative estimate of drug-likeness (QED) is 0.331. The van der Waals surface area contributed by atoms with E-state index in [1.54, 1.807) is 4.57 Å². The van der Waals surface area contributed by atoms with E-state index >= 15 is 4.39 Å². The summed E-state index contributed by atoms with van der Waals surface area (Å²) in [5, 5.41) is 13.0. The first-order chi connectivity index (χ1) is 16.0. The molecule has 38 heavy (non-hydrogen) atoms. The van der Waals surface area contributed by atoms with Gasteiger partial charge in [0.1, 0.15) is 11.3 Å². The topological polar surface area (TPSA) is 147 Å². The van der Waals surface area contributed by atoms with Crippen molar-refractivity contribution in [3.05, 3.63) is 33.9 Å². The van der Waals surface area contributed by atoms with Crippen LogP contribution in [0.5, 0.6) is 5.75 Å². The molecule has 17 heteroatoms. The summed E-state index contributed by atoms with van der Waals surface area (Å²) in [5.74, 6) is -1.07.